The maximum atomic E-state index is 4.51. The quantitative estimate of drug-likeness (QED) is 0.698. The SMILES string of the molecule is CCc1cc(NCC2CCN(CCc3ccccc3)CC2)c2nncn2n1. The maximum absolute atomic E-state index is 4.51. The standard InChI is InChI=1S/C21H28N6/c1-2-19-14-20(21-24-23-16-27(21)25-19)22-15-18-9-12-26(13-10-18)11-8-17-6-4-3-5-7-17/h3-7,14,16,18,22H,2,8-13,15H2,1H3. The molecule has 0 unspecified atom stereocenters. The van der Waals surface area contributed by atoms with Crippen LogP contribution in [0, 0.1) is 5.92 Å². The van der Waals surface area contributed by atoms with Gasteiger partial charge in [-0.3, -0.25) is 0 Å². The molecule has 0 aliphatic carbocycles. The molecule has 27 heavy (non-hydrogen) atoms. The predicted molar refractivity (Wildman–Crippen MR) is 108 cm³/mol. The number of benzene rings is 1. The van der Waals surface area contributed by atoms with Crippen LogP contribution in [0.1, 0.15) is 31.0 Å². The number of aryl methyl sites for hydroxylation is 1. The fourth-order valence-corrected chi connectivity index (χ4v) is 3.78. The van der Waals surface area contributed by atoms with Gasteiger partial charge in [0.1, 0.15) is 6.33 Å². The van der Waals surface area contributed by atoms with Crippen molar-refractivity contribution in [3.63, 3.8) is 0 Å². The largest absolute Gasteiger partial charge is 0.382 e. The zero-order valence-corrected chi connectivity index (χ0v) is 16.0. The molecule has 142 valence electrons. The Bertz CT molecular complexity index is 851. The lowest BCUT2D eigenvalue weighted by molar-refractivity contribution is 0.191. The van der Waals surface area contributed by atoms with E-state index in [1.165, 1.54) is 31.5 Å². The summed E-state index contributed by atoms with van der Waals surface area (Å²) in [5.41, 5.74) is 4.35. The van der Waals surface area contributed by atoms with Crippen molar-refractivity contribution in [2.75, 3.05) is 31.5 Å². The smallest absolute Gasteiger partial charge is 0.200 e. The highest BCUT2D eigenvalue weighted by atomic mass is 15.3. The molecule has 1 aliphatic heterocycles. The molecule has 6 heteroatoms. The second kappa shape index (κ2) is 8.48. The van der Waals surface area contributed by atoms with Gasteiger partial charge in [-0.2, -0.15) is 9.61 Å². The first-order valence-corrected chi connectivity index (χ1v) is 10.0. The number of aromatic nitrogens is 4. The van der Waals surface area contributed by atoms with Crippen molar-refractivity contribution in [2.24, 2.45) is 5.92 Å². The Kier molecular flexibility index (Phi) is 5.63. The first-order chi connectivity index (χ1) is 13.3. The lowest BCUT2D eigenvalue weighted by Gasteiger charge is -2.32. The molecule has 3 heterocycles. The van der Waals surface area contributed by atoms with Gasteiger partial charge in [0.2, 0.25) is 5.65 Å². The molecule has 1 N–H and O–H groups in total. The van der Waals surface area contributed by atoms with Crippen LogP contribution >= 0.6 is 0 Å². The summed E-state index contributed by atoms with van der Waals surface area (Å²) >= 11 is 0. The van der Waals surface area contributed by atoms with Gasteiger partial charge in [0.25, 0.3) is 0 Å². The molecule has 4 rings (SSSR count). The fourth-order valence-electron chi connectivity index (χ4n) is 3.78. The van der Waals surface area contributed by atoms with Gasteiger partial charge in [-0.1, -0.05) is 37.3 Å². The lowest BCUT2D eigenvalue weighted by atomic mass is 9.96. The highest BCUT2D eigenvalue weighted by Gasteiger charge is 2.19. The minimum atomic E-state index is 0.708. The third-order valence-corrected chi connectivity index (χ3v) is 5.53. The first-order valence-electron chi connectivity index (χ1n) is 10.0. The van der Waals surface area contributed by atoms with Crippen LogP contribution in [-0.4, -0.2) is 50.9 Å². The molecule has 1 aromatic carbocycles. The molecule has 6 nitrogen and oxygen atoms in total. The van der Waals surface area contributed by atoms with Gasteiger partial charge in [0.05, 0.1) is 11.4 Å². The number of likely N-dealkylation sites (tertiary alicyclic amines) is 1. The molecule has 0 radical (unpaired) electrons. The minimum absolute atomic E-state index is 0.708. The van der Waals surface area contributed by atoms with Crippen molar-refractivity contribution in [1.82, 2.24) is 24.7 Å². The molecule has 0 spiro atoms. The number of fused-ring (bicyclic) bond motifs is 1. The van der Waals surface area contributed by atoms with Crippen LogP contribution in [0.15, 0.2) is 42.7 Å². The minimum Gasteiger partial charge on any atom is -0.382 e. The van der Waals surface area contributed by atoms with Crippen LogP contribution < -0.4 is 5.32 Å². The van der Waals surface area contributed by atoms with Crippen LogP contribution in [0.4, 0.5) is 5.69 Å². The molecular weight excluding hydrogens is 336 g/mol. The number of hydrogen-bond donors (Lipinski definition) is 1. The predicted octanol–water partition coefficient (Wildman–Crippen LogP) is 3.05. The first kappa shape index (κ1) is 17.9. The van der Waals surface area contributed by atoms with Gasteiger partial charge >= 0.3 is 0 Å². The van der Waals surface area contributed by atoms with E-state index in [9.17, 15) is 0 Å². The molecule has 1 aliphatic rings. The number of rotatable bonds is 7. The third-order valence-electron chi connectivity index (χ3n) is 5.53. The van der Waals surface area contributed by atoms with Gasteiger partial charge < -0.3 is 10.2 Å². The Balaban J connectivity index is 1.27. The molecular formula is C21H28N6. The van der Waals surface area contributed by atoms with Crippen molar-refractivity contribution in [2.45, 2.75) is 32.6 Å². The zero-order chi connectivity index (χ0) is 18.5. The van der Waals surface area contributed by atoms with Gasteiger partial charge in [-0.25, -0.2) is 0 Å². The van der Waals surface area contributed by atoms with E-state index in [-0.39, 0.29) is 0 Å². The summed E-state index contributed by atoms with van der Waals surface area (Å²) in [4.78, 5) is 2.60. The van der Waals surface area contributed by atoms with E-state index >= 15 is 0 Å². The summed E-state index contributed by atoms with van der Waals surface area (Å²) < 4.78 is 1.77. The Morgan fingerprint density at radius 2 is 1.96 bits per heavy atom. The van der Waals surface area contributed by atoms with E-state index in [1.807, 2.05) is 0 Å². The molecule has 2 aromatic heterocycles. The highest BCUT2D eigenvalue weighted by molar-refractivity contribution is 5.66. The van der Waals surface area contributed by atoms with Crippen LogP contribution in [0.5, 0.6) is 0 Å². The Labute approximate surface area is 160 Å². The van der Waals surface area contributed by atoms with E-state index in [0.29, 0.717) is 5.92 Å². The molecule has 0 amide bonds. The van der Waals surface area contributed by atoms with Crippen molar-refractivity contribution in [3.05, 3.63) is 54.0 Å². The Morgan fingerprint density at radius 1 is 1.15 bits per heavy atom. The van der Waals surface area contributed by atoms with Crippen LogP contribution in [0.3, 0.4) is 0 Å². The van der Waals surface area contributed by atoms with Crippen LogP contribution in [0.2, 0.25) is 0 Å². The average molecular weight is 364 g/mol. The van der Waals surface area contributed by atoms with E-state index in [1.54, 1.807) is 10.8 Å². The van der Waals surface area contributed by atoms with Crippen LogP contribution in [0.25, 0.3) is 5.65 Å². The number of nitrogens with one attached hydrogen (secondary N) is 1. The van der Waals surface area contributed by atoms with Crippen molar-refractivity contribution >= 4 is 11.3 Å². The summed E-state index contributed by atoms with van der Waals surface area (Å²) in [6, 6.07) is 12.9. The number of piperidine rings is 1. The van der Waals surface area contributed by atoms with Gasteiger partial charge in [0, 0.05) is 13.1 Å². The van der Waals surface area contributed by atoms with Crippen LogP contribution in [-0.2, 0) is 12.8 Å². The van der Waals surface area contributed by atoms with Crippen molar-refractivity contribution < 1.29 is 0 Å². The molecule has 0 atom stereocenters. The zero-order valence-electron chi connectivity index (χ0n) is 16.0. The average Bonchev–Trinajstić information content (AvgIpc) is 3.20. The topological polar surface area (TPSA) is 58.3 Å². The molecule has 3 aromatic rings. The monoisotopic (exact) mass is 364 g/mol. The molecule has 1 fully saturated rings. The highest BCUT2D eigenvalue weighted by Crippen LogP contribution is 2.21. The summed E-state index contributed by atoms with van der Waals surface area (Å²) in [6.07, 6.45) is 6.21. The second-order valence-corrected chi connectivity index (χ2v) is 7.40. The summed E-state index contributed by atoms with van der Waals surface area (Å²) in [5, 5.41) is 16.3. The van der Waals surface area contributed by atoms with Gasteiger partial charge in [-0.05, 0) is 56.3 Å². The van der Waals surface area contributed by atoms with Gasteiger partial charge in [0.15, 0.2) is 0 Å². The third kappa shape index (κ3) is 4.45. The van der Waals surface area contributed by atoms with Gasteiger partial charge in [-0.15, -0.1) is 10.2 Å². The second-order valence-electron chi connectivity index (χ2n) is 7.40. The Morgan fingerprint density at radius 3 is 2.74 bits per heavy atom. The molecule has 0 bridgehead atoms. The van der Waals surface area contributed by atoms with Crippen molar-refractivity contribution in [3.8, 4) is 0 Å². The summed E-state index contributed by atoms with van der Waals surface area (Å²) in [6.45, 7) is 6.65. The number of hydrogen-bond acceptors (Lipinski definition) is 5. The lowest BCUT2D eigenvalue weighted by Crippen LogP contribution is -2.37. The fraction of sp³-hybridized carbons (Fsp3) is 0.476. The Hall–Kier alpha value is -2.47. The van der Waals surface area contributed by atoms with E-state index in [2.05, 4.69) is 68.8 Å². The van der Waals surface area contributed by atoms with E-state index in [4.69, 9.17) is 0 Å². The van der Waals surface area contributed by atoms with Crippen molar-refractivity contribution in [1.29, 1.82) is 0 Å². The van der Waals surface area contributed by atoms with E-state index < -0.39 is 0 Å². The molecule has 1 saturated heterocycles. The normalized spacial score (nSPS) is 16.0. The number of nitrogens with zero attached hydrogens (tertiary/aromatic N) is 5. The number of anilines is 1. The summed E-state index contributed by atoms with van der Waals surface area (Å²) in [7, 11) is 0. The summed E-state index contributed by atoms with van der Waals surface area (Å²) in [5.74, 6) is 0.708. The maximum Gasteiger partial charge on any atom is 0.200 e. The van der Waals surface area contributed by atoms with E-state index in [0.717, 1.165) is 43.0 Å². The molecule has 0 saturated carbocycles.